The van der Waals surface area contributed by atoms with Crippen molar-refractivity contribution in [2.75, 3.05) is 12.4 Å². The maximum Gasteiger partial charge on any atom is 0.162 e. The van der Waals surface area contributed by atoms with Gasteiger partial charge in [-0.1, -0.05) is 6.92 Å². The van der Waals surface area contributed by atoms with E-state index in [1.54, 1.807) is 6.20 Å². The molecule has 18 heavy (non-hydrogen) atoms. The van der Waals surface area contributed by atoms with Gasteiger partial charge >= 0.3 is 0 Å². The quantitative estimate of drug-likeness (QED) is 0.899. The Bertz CT molecular complexity index is 538. The molecule has 0 saturated heterocycles. The zero-order valence-electron chi connectivity index (χ0n) is 11.3. The molecular formula is C14H18N4. The highest BCUT2D eigenvalue weighted by Gasteiger charge is 2.11. The van der Waals surface area contributed by atoms with Crippen molar-refractivity contribution in [3.8, 4) is 11.4 Å². The van der Waals surface area contributed by atoms with Gasteiger partial charge in [0, 0.05) is 36.3 Å². The molecule has 0 aromatic carbocycles. The first-order chi connectivity index (χ1) is 8.67. The summed E-state index contributed by atoms with van der Waals surface area (Å²) in [6, 6.07) is 1.96. The molecule has 94 valence electrons. The van der Waals surface area contributed by atoms with Crippen LogP contribution in [0.4, 0.5) is 5.82 Å². The average molecular weight is 242 g/mol. The van der Waals surface area contributed by atoms with E-state index < -0.39 is 0 Å². The van der Waals surface area contributed by atoms with Gasteiger partial charge in [-0.15, -0.1) is 0 Å². The van der Waals surface area contributed by atoms with Gasteiger partial charge in [0.2, 0.25) is 0 Å². The van der Waals surface area contributed by atoms with Crippen molar-refractivity contribution in [3.63, 3.8) is 0 Å². The second-order valence-electron chi connectivity index (χ2n) is 4.26. The van der Waals surface area contributed by atoms with Crippen molar-refractivity contribution in [1.29, 1.82) is 0 Å². The monoisotopic (exact) mass is 242 g/mol. The summed E-state index contributed by atoms with van der Waals surface area (Å²) < 4.78 is 0. The fourth-order valence-electron chi connectivity index (χ4n) is 2.00. The van der Waals surface area contributed by atoms with E-state index in [1.165, 1.54) is 0 Å². The topological polar surface area (TPSA) is 50.7 Å². The molecule has 2 rings (SSSR count). The molecule has 0 spiro atoms. The Morgan fingerprint density at radius 3 is 2.61 bits per heavy atom. The van der Waals surface area contributed by atoms with Crippen LogP contribution in [0.15, 0.2) is 18.5 Å². The fraction of sp³-hybridized carbons (Fsp3) is 0.357. The molecule has 0 saturated carbocycles. The molecule has 0 aliphatic carbocycles. The number of aromatic nitrogens is 3. The van der Waals surface area contributed by atoms with Gasteiger partial charge in [-0.25, -0.2) is 9.97 Å². The minimum atomic E-state index is 0.765. The van der Waals surface area contributed by atoms with E-state index in [9.17, 15) is 0 Å². The second-order valence-corrected chi connectivity index (χ2v) is 4.26. The number of aryl methyl sites for hydroxylation is 2. The highest BCUT2D eigenvalue weighted by Crippen LogP contribution is 2.23. The maximum absolute atomic E-state index is 4.65. The Balaban J connectivity index is 2.62. The van der Waals surface area contributed by atoms with Crippen LogP contribution in [0.3, 0.4) is 0 Å². The molecule has 0 fully saturated rings. The lowest BCUT2D eigenvalue weighted by Crippen LogP contribution is -2.05. The van der Waals surface area contributed by atoms with E-state index >= 15 is 0 Å². The molecule has 2 aromatic rings. The summed E-state index contributed by atoms with van der Waals surface area (Å²) >= 11 is 0. The van der Waals surface area contributed by atoms with Gasteiger partial charge in [0.1, 0.15) is 5.82 Å². The zero-order valence-corrected chi connectivity index (χ0v) is 11.3. The molecule has 2 aromatic heterocycles. The second kappa shape index (κ2) is 5.12. The molecular weight excluding hydrogens is 224 g/mol. The van der Waals surface area contributed by atoms with E-state index in [0.29, 0.717) is 0 Å². The third-order valence-electron chi connectivity index (χ3n) is 3.08. The van der Waals surface area contributed by atoms with Gasteiger partial charge in [-0.05, 0) is 31.9 Å². The van der Waals surface area contributed by atoms with E-state index in [4.69, 9.17) is 0 Å². The molecule has 0 aliphatic rings. The Kier molecular flexibility index (Phi) is 3.55. The number of hydrogen-bond acceptors (Lipinski definition) is 4. The van der Waals surface area contributed by atoms with Gasteiger partial charge in [0.15, 0.2) is 5.82 Å². The Morgan fingerprint density at radius 1 is 1.22 bits per heavy atom. The fourth-order valence-corrected chi connectivity index (χ4v) is 2.00. The molecule has 4 nitrogen and oxygen atoms in total. The number of anilines is 1. The highest BCUT2D eigenvalue weighted by molar-refractivity contribution is 5.62. The Hall–Kier alpha value is -1.97. The summed E-state index contributed by atoms with van der Waals surface area (Å²) in [5.41, 5.74) is 4.33. The van der Waals surface area contributed by atoms with Crippen LogP contribution >= 0.6 is 0 Å². The van der Waals surface area contributed by atoms with Crippen LogP contribution in [0, 0.1) is 13.8 Å². The molecule has 0 aliphatic heterocycles. The number of nitrogens with zero attached hydrogens (tertiary/aromatic N) is 3. The third kappa shape index (κ3) is 2.18. The summed E-state index contributed by atoms with van der Waals surface area (Å²) in [7, 11) is 1.89. The first kappa shape index (κ1) is 12.5. The minimum Gasteiger partial charge on any atom is -0.373 e. The average Bonchev–Trinajstić information content (AvgIpc) is 2.40. The molecule has 1 N–H and O–H groups in total. The van der Waals surface area contributed by atoms with E-state index in [1.807, 2.05) is 33.2 Å². The highest BCUT2D eigenvalue weighted by atomic mass is 15.0. The SMILES string of the molecule is CCc1nc(-c2ccncc2C)nc(NC)c1C. The number of rotatable bonds is 3. The molecule has 0 amide bonds. The smallest absolute Gasteiger partial charge is 0.162 e. The van der Waals surface area contributed by atoms with Gasteiger partial charge in [-0.2, -0.15) is 0 Å². The Morgan fingerprint density at radius 2 is 2.00 bits per heavy atom. The standard InChI is InChI=1S/C14H18N4/c1-5-12-10(3)13(15-4)18-14(17-12)11-6-7-16-8-9(11)2/h6-8H,5H2,1-4H3,(H,15,17,18). The van der Waals surface area contributed by atoms with Crippen molar-refractivity contribution in [2.24, 2.45) is 0 Å². The van der Waals surface area contributed by atoms with Crippen LogP contribution in [0.2, 0.25) is 0 Å². The molecule has 2 heterocycles. The predicted molar refractivity (Wildman–Crippen MR) is 73.7 cm³/mol. The first-order valence-electron chi connectivity index (χ1n) is 6.13. The zero-order chi connectivity index (χ0) is 13.1. The number of nitrogens with one attached hydrogen (secondary N) is 1. The van der Waals surface area contributed by atoms with Crippen molar-refractivity contribution in [1.82, 2.24) is 15.0 Å². The summed E-state index contributed by atoms with van der Waals surface area (Å²) in [4.78, 5) is 13.3. The molecule has 0 unspecified atom stereocenters. The van der Waals surface area contributed by atoms with Gasteiger partial charge < -0.3 is 5.32 Å². The van der Waals surface area contributed by atoms with Crippen molar-refractivity contribution in [3.05, 3.63) is 35.3 Å². The molecule has 0 radical (unpaired) electrons. The van der Waals surface area contributed by atoms with Crippen molar-refractivity contribution in [2.45, 2.75) is 27.2 Å². The van der Waals surface area contributed by atoms with E-state index in [0.717, 1.165) is 40.4 Å². The van der Waals surface area contributed by atoms with E-state index in [2.05, 4.69) is 27.2 Å². The first-order valence-corrected chi connectivity index (χ1v) is 6.13. The van der Waals surface area contributed by atoms with Crippen LogP contribution in [0.25, 0.3) is 11.4 Å². The van der Waals surface area contributed by atoms with Gasteiger partial charge in [0.05, 0.1) is 0 Å². The lowest BCUT2D eigenvalue weighted by atomic mass is 10.1. The third-order valence-corrected chi connectivity index (χ3v) is 3.08. The van der Waals surface area contributed by atoms with Gasteiger partial charge in [-0.3, -0.25) is 4.98 Å². The van der Waals surface area contributed by atoms with Crippen LogP contribution in [-0.2, 0) is 6.42 Å². The largest absolute Gasteiger partial charge is 0.373 e. The summed E-state index contributed by atoms with van der Waals surface area (Å²) in [6.07, 6.45) is 4.51. The number of pyridine rings is 1. The summed E-state index contributed by atoms with van der Waals surface area (Å²) in [6.45, 7) is 6.18. The summed E-state index contributed by atoms with van der Waals surface area (Å²) in [5.74, 6) is 1.66. The van der Waals surface area contributed by atoms with Crippen LogP contribution < -0.4 is 5.32 Å². The van der Waals surface area contributed by atoms with Crippen molar-refractivity contribution < 1.29 is 0 Å². The Labute approximate surface area is 108 Å². The van der Waals surface area contributed by atoms with Crippen LogP contribution in [0.5, 0.6) is 0 Å². The summed E-state index contributed by atoms with van der Waals surface area (Å²) in [5, 5.41) is 3.13. The predicted octanol–water partition coefficient (Wildman–Crippen LogP) is 2.76. The van der Waals surface area contributed by atoms with Crippen LogP contribution in [-0.4, -0.2) is 22.0 Å². The van der Waals surface area contributed by atoms with Crippen LogP contribution in [0.1, 0.15) is 23.7 Å². The normalized spacial score (nSPS) is 10.4. The molecule has 0 bridgehead atoms. The van der Waals surface area contributed by atoms with Crippen molar-refractivity contribution >= 4 is 5.82 Å². The van der Waals surface area contributed by atoms with E-state index in [-0.39, 0.29) is 0 Å². The molecule has 4 heteroatoms. The van der Waals surface area contributed by atoms with Gasteiger partial charge in [0.25, 0.3) is 0 Å². The molecule has 0 atom stereocenters. The maximum atomic E-state index is 4.65. The lowest BCUT2D eigenvalue weighted by Gasteiger charge is -2.12. The lowest BCUT2D eigenvalue weighted by molar-refractivity contribution is 0.975. The number of hydrogen-bond donors (Lipinski definition) is 1. The minimum absolute atomic E-state index is 0.765.